The molecule has 166 valence electrons. The van der Waals surface area contributed by atoms with Gasteiger partial charge in [0.15, 0.2) is 11.6 Å². The monoisotopic (exact) mass is 437 g/mol. The van der Waals surface area contributed by atoms with E-state index >= 15 is 0 Å². The van der Waals surface area contributed by atoms with Crippen LogP contribution < -0.4 is 21.4 Å². The Hall–Kier alpha value is -4.12. The minimum atomic E-state index is -0.0545. The molecule has 0 radical (unpaired) electrons. The summed E-state index contributed by atoms with van der Waals surface area (Å²) in [6, 6.07) is 19.6. The van der Waals surface area contributed by atoms with E-state index in [2.05, 4.69) is 17.1 Å². The molecule has 33 heavy (non-hydrogen) atoms. The number of nitrogens with one attached hydrogen (secondary N) is 1. The van der Waals surface area contributed by atoms with Gasteiger partial charge < -0.3 is 14.4 Å². The van der Waals surface area contributed by atoms with Crippen LogP contribution in [0.1, 0.15) is 19.4 Å². The standard InChI is InChI=1S/C28H27N3O2/c1-6-20-15-24(28(32)31(5)25(20)14-18(2)3)23-16-22(13-12-19(23)4)29-27-17-26(33-30-27)21-10-8-7-9-11-21/h6-17H,2H2,1,3-5H3,(H,29,30)/b20-6-,25-14+. The average molecular weight is 438 g/mol. The summed E-state index contributed by atoms with van der Waals surface area (Å²) in [4.78, 5) is 13.3. The Morgan fingerprint density at radius 2 is 1.85 bits per heavy atom. The smallest absolute Gasteiger partial charge is 0.258 e. The lowest BCUT2D eigenvalue weighted by Crippen LogP contribution is -2.42. The Balaban J connectivity index is 1.75. The van der Waals surface area contributed by atoms with Crippen molar-refractivity contribution in [2.75, 3.05) is 5.32 Å². The van der Waals surface area contributed by atoms with Crippen molar-refractivity contribution >= 4 is 23.7 Å². The molecule has 0 saturated carbocycles. The number of pyridine rings is 1. The highest BCUT2D eigenvalue weighted by Gasteiger charge is 2.12. The van der Waals surface area contributed by atoms with Crippen molar-refractivity contribution in [3.05, 3.63) is 99.3 Å². The van der Waals surface area contributed by atoms with Gasteiger partial charge in [0.25, 0.3) is 5.56 Å². The van der Waals surface area contributed by atoms with Crippen molar-refractivity contribution < 1.29 is 4.52 Å². The van der Waals surface area contributed by atoms with Crippen molar-refractivity contribution in [2.24, 2.45) is 7.05 Å². The molecule has 5 nitrogen and oxygen atoms in total. The first-order chi connectivity index (χ1) is 15.9. The molecule has 2 aromatic carbocycles. The van der Waals surface area contributed by atoms with Gasteiger partial charge in [-0.1, -0.05) is 59.8 Å². The van der Waals surface area contributed by atoms with Crippen molar-refractivity contribution in [3.63, 3.8) is 0 Å². The molecule has 0 bridgehead atoms. The van der Waals surface area contributed by atoms with Crippen LogP contribution in [0.4, 0.5) is 11.5 Å². The van der Waals surface area contributed by atoms with E-state index < -0.39 is 0 Å². The third kappa shape index (κ3) is 4.58. The summed E-state index contributed by atoms with van der Waals surface area (Å²) < 4.78 is 7.17. The average Bonchev–Trinajstić information content (AvgIpc) is 3.27. The van der Waals surface area contributed by atoms with E-state index in [1.54, 1.807) is 11.6 Å². The first-order valence-electron chi connectivity index (χ1n) is 10.8. The minimum absolute atomic E-state index is 0.0545. The number of hydrogen-bond acceptors (Lipinski definition) is 4. The SMILES string of the molecule is C=C(C)/C=c1\c(=C/C)cc(-c2cc(Nc3cc(-c4ccccc4)on3)ccc2C)c(=O)n1C. The first-order valence-corrected chi connectivity index (χ1v) is 10.8. The van der Waals surface area contributed by atoms with Gasteiger partial charge in [-0.3, -0.25) is 4.79 Å². The number of rotatable bonds is 5. The van der Waals surface area contributed by atoms with E-state index in [9.17, 15) is 4.79 Å². The second-order valence-electron chi connectivity index (χ2n) is 8.14. The molecular formula is C28H27N3O2. The molecule has 0 atom stereocenters. The Kier molecular flexibility index (Phi) is 6.13. The van der Waals surface area contributed by atoms with E-state index in [4.69, 9.17) is 4.52 Å². The molecule has 2 aromatic heterocycles. The predicted molar refractivity (Wildman–Crippen MR) is 136 cm³/mol. The maximum absolute atomic E-state index is 13.3. The fourth-order valence-electron chi connectivity index (χ4n) is 3.82. The van der Waals surface area contributed by atoms with Crippen LogP contribution in [-0.2, 0) is 7.05 Å². The second-order valence-corrected chi connectivity index (χ2v) is 8.14. The molecule has 5 heteroatoms. The van der Waals surface area contributed by atoms with Gasteiger partial charge in [0, 0.05) is 29.9 Å². The number of aromatic nitrogens is 2. The molecule has 2 heterocycles. The number of benzene rings is 2. The summed E-state index contributed by atoms with van der Waals surface area (Å²) in [6.07, 6.45) is 3.94. The lowest BCUT2D eigenvalue weighted by Gasteiger charge is -2.12. The van der Waals surface area contributed by atoms with Crippen LogP contribution in [0.15, 0.2) is 82.1 Å². The molecule has 0 unspecified atom stereocenters. The largest absolute Gasteiger partial charge is 0.354 e. The van der Waals surface area contributed by atoms with Crippen molar-refractivity contribution in [3.8, 4) is 22.5 Å². The van der Waals surface area contributed by atoms with Crippen LogP contribution in [-0.4, -0.2) is 9.72 Å². The van der Waals surface area contributed by atoms with Crippen LogP contribution in [0.2, 0.25) is 0 Å². The number of nitrogens with zero attached hydrogens (tertiary/aromatic N) is 2. The maximum atomic E-state index is 13.3. The topological polar surface area (TPSA) is 60.1 Å². The van der Waals surface area contributed by atoms with Crippen LogP contribution in [0.3, 0.4) is 0 Å². The summed E-state index contributed by atoms with van der Waals surface area (Å²) in [5.41, 5.74) is 5.16. The lowest BCUT2D eigenvalue weighted by molar-refractivity contribution is 0.435. The van der Waals surface area contributed by atoms with Crippen LogP contribution >= 0.6 is 0 Å². The predicted octanol–water partition coefficient (Wildman–Crippen LogP) is 4.92. The Morgan fingerprint density at radius 3 is 2.55 bits per heavy atom. The maximum Gasteiger partial charge on any atom is 0.258 e. The molecule has 0 spiro atoms. The van der Waals surface area contributed by atoms with E-state index in [1.165, 1.54) is 0 Å². The zero-order valence-corrected chi connectivity index (χ0v) is 19.3. The van der Waals surface area contributed by atoms with E-state index in [-0.39, 0.29) is 5.56 Å². The summed E-state index contributed by atoms with van der Waals surface area (Å²) in [6.45, 7) is 9.85. The highest BCUT2D eigenvalue weighted by molar-refractivity contribution is 5.73. The molecule has 0 fully saturated rings. The minimum Gasteiger partial charge on any atom is -0.354 e. The summed E-state index contributed by atoms with van der Waals surface area (Å²) >= 11 is 0. The zero-order chi connectivity index (χ0) is 23.5. The Labute approximate surface area is 193 Å². The molecule has 0 aliphatic rings. The molecule has 0 saturated heterocycles. The van der Waals surface area contributed by atoms with Gasteiger partial charge in [-0.05, 0) is 61.4 Å². The highest BCUT2D eigenvalue weighted by Crippen LogP contribution is 2.27. The molecule has 4 rings (SSSR count). The van der Waals surface area contributed by atoms with Crippen LogP contribution in [0, 0.1) is 6.92 Å². The fraction of sp³-hybridized carbons (Fsp3) is 0.143. The van der Waals surface area contributed by atoms with Gasteiger partial charge in [-0.25, -0.2) is 0 Å². The summed E-state index contributed by atoms with van der Waals surface area (Å²) in [7, 11) is 1.80. The number of anilines is 2. The van der Waals surface area contributed by atoms with Gasteiger partial charge in [0.2, 0.25) is 0 Å². The third-order valence-corrected chi connectivity index (χ3v) is 5.55. The molecule has 1 N–H and O–H groups in total. The number of hydrogen-bond donors (Lipinski definition) is 1. The first kappa shape index (κ1) is 22.1. The van der Waals surface area contributed by atoms with Gasteiger partial charge >= 0.3 is 0 Å². The molecule has 0 amide bonds. The van der Waals surface area contributed by atoms with E-state index in [0.717, 1.165) is 38.5 Å². The van der Waals surface area contributed by atoms with Crippen LogP contribution in [0.5, 0.6) is 0 Å². The molecule has 0 aliphatic heterocycles. The van der Waals surface area contributed by atoms with Gasteiger partial charge in [-0.15, -0.1) is 0 Å². The fourth-order valence-corrected chi connectivity index (χ4v) is 3.82. The van der Waals surface area contributed by atoms with E-state index in [1.807, 2.05) is 93.6 Å². The van der Waals surface area contributed by atoms with Crippen molar-refractivity contribution in [1.82, 2.24) is 9.72 Å². The Bertz CT molecular complexity index is 1510. The lowest BCUT2D eigenvalue weighted by atomic mass is 10.00. The van der Waals surface area contributed by atoms with Gasteiger partial charge in [-0.2, -0.15) is 0 Å². The summed E-state index contributed by atoms with van der Waals surface area (Å²) in [5, 5.41) is 9.27. The van der Waals surface area contributed by atoms with Gasteiger partial charge in [0.1, 0.15) is 0 Å². The van der Waals surface area contributed by atoms with Crippen molar-refractivity contribution in [2.45, 2.75) is 20.8 Å². The second kappa shape index (κ2) is 9.17. The van der Waals surface area contributed by atoms with Crippen LogP contribution in [0.25, 0.3) is 34.6 Å². The zero-order valence-electron chi connectivity index (χ0n) is 19.3. The third-order valence-electron chi connectivity index (χ3n) is 5.55. The molecular weight excluding hydrogens is 410 g/mol. The van der Waals surface area contributed by atoms with Crippen molar-refractivity contribution in [1.29, 1.82) is 0 Å². The Morgan fingerprint density at radius 1 is 1.09 bits per heavy atom. The number of allylic oxidation sites excluding steroid dienone is 1. The highest BCUT2D eigenvalue weighted by atomic mass is 16.5. The number of aryl methyl sites for hydroxylation is 1. The summed E-state index contributed by atoms with van der Waals surface area (Å²) in [5.74, 6) is 1.29. The normalized spacial score (nSPS) is 12.2. The molecule has 0 aliphatic carbocycles. The quantitative estimate of drug-likeness (QED) is 0.482. The van der Waals surface area contributed by atoms with Gasteiger partial charge in [0.05, 0.1) is 5.35 Å². The van der Waals surface area contributed by atoms with E-state index in [0.29, 0.717) is 17.1 Å². The molecule has 4 aromatic rings.